The fraction of sp³-hybridized carbons (Fsp3) is 0.227. The largest absolute Gasteiger partial charge is 0.495 e. The monoisotopic (exact) mass is 442 g/mol. The van der Waals surface area contributed by atoms with Gasteiger partial charge in [0.25, 0.3) is 5.56 Å². The van der Waals surface area contributed by atoms with Gasteiger partial charge in [0.2, 0.25) is 0 Å². The van der Waals surface area contributed by atoms with Crippen LogP contribution in [0.5, 0.6) is 11.5 Å². The number of anilines is 1. The molecule has 31 heavy (non-hydrogen) atoms. The van der Waals surface area contributed by atoms with Crippen LogP contribution >= 0.6 is 11.6 Å². The smallest absolute Gasteiger partial charge is 0.319 e. The van der Waals surface area contributed by atoms with Crippen molar-refractivity contribution in [3.63, 3.8) is 0 Å². The topological polar surface area (TPSA) is 94.5 Å². The molecule has 0 aliphatic carbocycles. The van der Waals surface area contributed by atoms with Gasteiger partial charge in [-0.2, -0.15) is 5.10 Å². The summed E-state index contributed by atoms with van der Waals surface area (Å²) in [7, 11) is 1.50. The highest BCUT2D eigenvalue weighted by molar-refractivity contribution is 6.31. The number of urea groups is 1. The maximum absolute atomic E-state index is 12.2. The van der Waals surface area contributed by atoms with Crippen molar-refractivity contribution in [3.05, 3.63) is 70.0 Å². The summed E-state index contributed by atoms with van der Waals surface area (Å²) in [4.78, 5) is 24.4. The number of carbonyl (C=O) groups excluding carboxylic acids is 1. The summed E-state index contributed by atoms with van der Waals surface area (Å²) >= 11 is 5.97. The number of ether oxygens (including phenoxy) is 2. The van der Waals surface area contributed by atoms with Gasteiger partial charge >= 0.3 is 6.03 Å². The first-order valence-corrected chi connectivity index (χ1v) is 10.1. The highest BCUT2D eigenvalue weighted by Gasteiger charge is 2.09. The number of amides is 2. The van der Waals surface area contributed by atoms with Gasteiger partial charge < -0.3 is 20.1 Å². The van der Waals surface area contributed by atoms with Gasteiger partial charge in [0.15, 0.2) is 0 Å². The third-order valence-corrected chi connectivity index (χ3v) is 4.58. The molecule has 0 bridgehead atoms. The second-order valence-electron chi connectivity index (χ2n) is 6.46. The van der Waals surface area contributed by atoms with E-state index in [0.717, 1.165) is 11.3 Å². The first-order valence-electron chi connectivity index (χ1n) is 9.70. The van der Waals surface area contributed by atoms with Crippen LogP contribution in [-0.2, 0) is 6.54 Å². The zero-order valence-corrected chi connectivity index (χ0v) is 18.0. The molecule has 0 saturated carbocycles. The van der Waals surface area contributed by atoms with Gasteiger partial charge in [-0.3, -0.25) is 4.79 Å². The van der Waals surface area contributed by atoms with Crippen molar-refractivity contribution < 1.29 is 14.3 Å². The second-order valence-corrected chi connectivity index (χ2v) is 6.90. The summed E-state index contributed by atoms with van der Waals surface area (Å²) in [5.41, 5.74) is 1.69. The average molecular weight is 443 g/mol. The van der Waals surface area contributed by atoms with Crippen LogP contribution in [0.2, 0.25) is 5.02 Å². The number of aromatic nitrogens is 2. The molecule has 0 radical (unpaired) electrons. The summed E-state index contributed by atoms with van der Waals surface area (Å²) in [6, 6.07) is 15.1. The molecule has 0 saturated heterocycles. The van der Waals surface area contributed by atoms with E-state index in [4.69, 9.17) is 21.1 Å². The highest BCUT2D eigenvalue weighted by Crippen LogP contribution is 2.27. The third kappa shape index (κ3) is 5.99. The van der Waals surface area contributed by atoms with Crippen LogP contribution in [0.1, 0.15) is 6.92 Å². The van der Waals surface area contributed by atoms with Gasteiger partial charge in [0.1, 0.15) is 11.5 Å². The van der Waals surface area contributed by atoms with Crippen LogP contribution in [0, 0.1) is 0 Å². The number of nitrogens with one attached hydrogen (secondary N) is 2. The van der Waals surface area contributed by atoms with E-state index in [1.807, 2.05) is 31.2 Å². The fourth-order valence-electron chi connectivity index (χ4n) is 2.87. The fourth-order valence-corrected chi connectivity index (χ4v) is 3.04. The minimum absolute atomic E-state index is 0.203. The molecule has 2 aromatic carbocycles. The van der Waals surface area contributed by atoms with E-state index < -0.39 is 6.03 Å². The van der Waals surface area contributed by atoms with E-state index in [0.29, 0.717) is 28.8 Å². The maximum atomic E-state index is 12.2. The van der Waals surface area contributed by atoms with E-state index in [2.05, 4.69) is 15.7 Å². The number of hydrogen-bond donors (Lipinski definition) is 2. The lowest BCUT2D eigenvalue weighted by atomic mass is 10.1. The second kappa shape index (κ2) is 10.5. The Morgan fingerprint density at radius 1 is 1.13 bits per heavy atom. The number of carbonyl (C=O) groups is 1. The molecular weight excluding hydrogens is 420 g/mol. The molecule has 3 rings (SSSR count). The molecule has 0 unspecified atom stereocenters. The molecule has 1 heterocycles. The minimum atomic E-state index is -0.448. The highest BCUT2D eigenvalue weighted by atomic mass is 35.5. The lowest BCUT2D eigenvalue weighted by Crippen LogP contribution is -2.34. The van der Waals surface area contributed by atoms with E-state index in [1.165, 1.54) is 17.9 Å². The van der Waals surface area contributed by atoms with E-state index >= 15 is 0 Å². The normalized spacial score (nSPS) is 10.4. The number of benzene rings is 2. The Hall–Kier alpha value is -3.52. The molecule has 0 aliphatic rings. The first-order chi connectivity index (χ1) is 15.0. The number of hydrogen-bond acceptors (Lipinski definition) is 5. The van der Waals surface area contributed by atoms with Crippen molar-refractivity contribution in [1.82, 2.24) is 15.1 Å². The molecule has 8 nitrogen and oxygen atoms in total. The molecule has 0 spiro atoms. The van der Waals surface area contributed by atoms with Gasteiger partial charge in [-0.1, -0.05) is 11.6 Å². The number of methoxy groups -OCH3 is 1. The molecule has 3 aromatic rings. The minimum Gasteiger partial charge on any atom is -0.495 e. The SMILES string of the molecule is CCOc1ccc(-c2ccc(=O)n(CCNC(=O)Nc3cc(Cl)ccc3OC)n2)cc1. The molecule has 0 fully saturated rings. The first kappa shape index (κ1) is 22.2. The van der Waals surface area contributed by atoms with Gasteiger partial charge in [0, 0.05) is 23.2 Å². The van der Waals surface area contributed by atoms with Crippen LogP contribution in [0.15, 0.2) is 59.4 Å². The van der Waals surface area contributed by atoms with Gasteiger partial charge in [-0.05, 0) is 55.5 Å². The standard InChI is InChI=1S/C22H23ClN4O4/c1-3-31-17-7-4-15(5-8-17)18-9-11-21(28)27(26-18)13-12-24-22(29)25-19-14-16(23)6-10-20(19)30-2/h4-11,14H,3,12-13H2,1-2H3,(H2,24,25,29). The summed E-state index contributed by atoms with van der Waals surface area (Å²) in [5, 5.41) is 10.2. The Labute approximate surface area is 184 Å². The Morgan fingerprint density at radius 3 is 2.61 bits per heavy atom. The van der Waals surface area contributed by atoms with Gasteiger partial charge in [0.05, 0.1) is 31.6 Å². The van der Waals surface area contributed by atoms with E-state index in [1.54, 1.807) is 24.3 Å². The Balaban J connectivity index is 1.61. The Kier molecular flexibility index (Phi) is 7.50. The number of nitrogens with zero attached hydrogens (tertiary/aromatic N) is 2. The van der Waals surface area contributed by atoms with Crippen molar-refractivity contribution in [2.45, 2.75) is 13.5 Å². The Bertz CT molecular complexity index is 1100. The lowest BCUT2D eigenvalue weighted by Gasteiger charge is -2.12. The van der Waals surface area contributed by atoms with Crippen LogP contribution in [0.3, 0.4) is 0 Å². The summed E-state index contributed by atoms with van der Waals surface area (Å²) in [5.74, 6) is 1.26. The van der Waals surface area contributed by atoms with E-state index in [-0.39, 0.29) is 18.6 Å². The van der Waals surface area contributed by atoms with Crippen LogP contribution in [0.4, 0.5) is 10.5 Å². The molecule has 2 N–H and O–H groups in total. The zero-order valence-electron chi connectivity index (χ0n) is 17.2. The number of halogens is 1. The third-order valence-electron chi connectivity index (χ3n) is 4.35. The van der Waals surface area contributed by atoms with E-state index in [9.17, 15) is 9.59 Å². The zero-order chi connectivity index (χ0) is 22.2. The lowest BCUT2D eigenvalue weighted by molar-refractivity contribution is 0.251. The summed E-state index contributed by atoms with van der Waals surface area (Å²) < 4.78 is 12.0. The molecule has 1 aromatic heterocycles. The maximum Gasteiger partial charge on any atom is 0.319 e. The molecule has 2 amide bonds. The van der Waals surface area contributed by atoms with Crippen molar-refractivity contribution in [3.8, 4) is 22.8 Å². The summed E-state index contributed by atoms with van der Waals surface area (Å²) in [6.07, 6.45) is 0. The van der Waals surface area contributed by atoms with Crippen molar-refractivity contribution in [2.75, 3.05) is 25.6 Å². The molecular formula is C22H23ClN4O4. The van der Waals surface area contributed by atoms with Gasteiger partial charge in [-0.15, -0.1) is 0 Å². The molecule has 0 aliphatic heterocycles. The predicted octanol–water partition coefficient (Wildman–Crippen LogP) is 3.79. The van der Waals surface area contributed by atoms with Crippen molar-refractivity contribution >= 4 is 23.3 Å². The van der Waals surface area contributed by atoms with Crippen molar-refractivity contribution in [1.29, 1.82) is 0 Å². The van der Waals surface area contributed by atoms with Crippen LogP contribution in [-0.4, -0.2) is 36.1 Å². The summed E-state index contributed by atoms with van der Waals surface area (Å²) in [6.45, 7) is 2.93. The molecule has 162 valence electrons. The van der Waals surface area contributed by atoms with Crippen LogP contribution < -0.4 is 25.7 Å². The molecule has 9 heteroatoms. The molecule has 0 atom stereocenters. The van der Waals surface area contributed by atoms with Gasteiger partial charge in [-0.25, -0.2) is 9.48 Å². The Morgan fingerprint density at radius 2 is 1.90 bits per heavy atom. The average Bonchev–Trinajstić information content (AvgIpc) is 2.76. The van der Waals surface area contributed by atoms with Crippen LogP contribution in [0.25, 0.3) is 11.3 Å². The predicted molar refractivity (Wildman–Crippen MR) is 120 cm³/mol. The van der Waals surface area contributed by atoms with Crippen molar-refractivity contribution in [2.24, 2.45) is 0 Å². The number of rotatable bonds is 8. The quantitative estimate of drug-likeness (QED) is 0.553.